The maximum Gasteiger partial charge on any atom is 0.417 e. The predicted molar refractivity (Wildman–Crippen MR) is 65.2 cm³/mol. The molecule has 0 unspecified atom stereocenters. The fourth-order valence-electron chi connectivity index (χ4n) is 1.52. The number of halogens is 4. The first kappa shape index (κ1) is 14.0. The number of hydrogen-bond acceptors (Lipinski definition) is 4. The molecule has 1 N–H and O–H groups in total. The van der Waals surface area contributed by atoms with Crippen molar-refractivity contribution in [3.63, 3.8) is 0 Å². The van der Waals surface area contributed by atoms with Crippen LogP contribution in [-0.2, 0) is 12.7 Å². The van der Waals surface area contributed by atoms with Crippen LogP contribution in [0.15, 0.2) is 27.1 Å². The lowest BCUT2D eigenvalue weighted by Gasteiger charge is -2.10. The van der Waals surface area contributed by atoms with Crippen molar-refractivity contribution in [3.8, 4) is 11.5 Å². The van der Waals surface area contributed by atoms with Gasteiger partial charge < -0.3 is 9.73 Å². The number of nitrogens with one attached hydrogen (secondary N) is 1. The minimum atomic E-state index is -4.49. The summed E-state index contributed by atoms with van der Waals surface area (Å²) in [7, 11) is 1.67. The van der Waals surface area contributed by atoms with E-state index >= 15 is 0 Å². The van der Waals surface area contributed by atoms with Gasteiger partial charge in [0, 0.05) is 4.47 Å². The zero-order chi connectivity index (χ0) is 14.0. The van der Waals surface area contributed by atoms with Crippen LogP contribution in [-0.4, -0.2) is 17.2 Å². The number of aromatic nitrogens is 2. The van der Waals surface area contributed by atoms with Crippen LogP contribution in [0.4, 0.5) is 13.2 Å². The molecule has 1 aromatic heterocycles. The average molecular weight is 336 g/mol. The molecule has 0 aliphatic heterocycles. The lowest BCUT2D eigenvalue weighted by molar-refractivity contribution is -0.137. The van der Waals surface area contributed by atoms with Crippen molar-refractivity contribution >= 4 is 15.9 Å². The summed E-state index contributed by atoms with van der Waals surface area (Å²) in [4.78, 5) is 0. The highest BCUT2D eigenvalue weighted by Gasteiger charge is 2.35. The monoisotopic (exact) mass is 335 g/mol. The zero-order valence-corrected chi connectivity index (χ0v) is 11.3. The summed E-state index contributed by atoms with van der Waals surface area (Å²) in [5.74, 6) is 0.0821. The first-order valence-electron chi connectivity index (χ1n) is 5.26. The Morgan fingerprint density at radius 2 is 2.05 bits per heavy atom. The molecular formula is C11H9BrF3N3O. The first-order valence-corrected chi connectivity index (χ1v) is 6.05. The topological polar surface area (TPSA) is 51.0 Å². The van der Waals surface area contributed by atoms with Crippen LogP contribution in [0.1, 0.15) is 11.5 Å². The molecule has 19 heavy (non-hydrogen) atoms. The maximum atomic E-state index is 12.9. The number of benzene rings is 1. The van der Waals surface area contributed by atoms with Gasteiger partial charge in [-0.15, -0.1) is 10.2 Å². The Labute approximate surface area is 115 Å². The fourth-order valence-corrected chi connectivity index (χ4v) is 1.88. The van der Waals surface area contributed by atoms with Gasteiger partial charge in [0.2, 0.25) is 11.8 Å². The minimum Gasteiger partial charge on any atom is -0.419 e. The molecule has 0 saturated carbocycles. The molecule has 2 aromatic rings. The lowest BCUT2D eigenvalue weighted by atomic mass is 10.1. The summed E-state index contributed by atoms with van der Waals surface area (Å²) in [6.45, 7) is 0.297. The third kappa shape index (κ3) is 3.13. The van der Waals surface area contributed by atoms with E-state index in [1.54, 1.807) is 7.05 Å². The first-order chi connectivity index (χ1) is 8.91. The maximum absolute atomic E-state index is 12.9. The summed E-state index contributed by atoms with van der Waals surface area (Å²) in [6.07, 6.45) is -4.49. The standard InChI is InChI=1S/C11H9BrF3N3O/c1-16-5-9-17-18-10(19-9)7-3-2-6(12)4-8(7)11(13,14)15/h2-4,16H,5H2,1H3. The summed E-state index contributed by atoms with van der Waals surface area (Å²) in [5, 5.41) is 10.1. The van der Waals surface area contributed by atoms with Gasteiger partial charge in [-0.1, -0.05) is 15.9 Å². The molecule has 102 valence electrons. The molecule has 0 bridgehead atoms. The van der Waals surface area contributed by atoms with E-state index in [1.807, 2.05) is 0 Å². The van der Waals surface area contributed by atoms with E-state index in [-0.39, 0.29) is 17.3 Å². The highest BCUT2D eigenvalue weighted by Crippen LogP contribution is 2.38. The number of rotatable bonds is 3. The Hall–Kier alpha value is -1.41. The van der Waals surface area contributed by atoms with Gasteiger partial charge in [-0.25, -0.2) is 0 Å². The van der Waals surface area contributed by atoms with Crippen LogP contribution < -0.4 is 5.32 Å². The molecule has 1 aromatic carbocycles. The third-order valence-corrected chi connectivity index (χ3v) is 2.81. The Balaban J connectivity index is 2.48. The predicted octanol–water partition coefficient (Wildman–Crippen LogP) is 3.24. The molecule has 0 saturated heterocycles. The molecule has 4 nitrogen and oxygen atoms in total. The number of hydrogen-bond donors (Lipinski definition) is 1. The normalized spacial score (nSPS) is 11.8. The Morgan fingerprint density at radius 3 is 2.68 bits per heavy atom. The van der Waals surface area contributed by atoms with Crippen molar-refractivity contribution in [3.05, 3.63) is 34.1 Å². The lowest BCUT2D eigenvalue weighted by Crippen LogP contribution is -2.07. The molecule has 0 atom stereocenters. The van der Waals surface area contributed by atoms with Crippen molar-refractivity contribution in [2.45, 2.75) is 12.7 Å². The van der Waals surface area contributed by atoms with E-state index in [0.29, 0.717) is 11.0 Å². The van der Waals surface area contributed by atoms with Crippen LogP contribution >= 0.6 is 15.9 Å². The molecule has 8 heteroatoms. The van der Waals surface area contributed by atoms with Gasteiger partial charge >= 0.3 is 6.18 Å². The van der Waals surface area contributed by atoms with Gasteiger partial charge in [-0.2, -0.15) is 13.2 Å². The van der Waals surface area contributed by atoms with Crippen molar-refractivity contribution in [2.24, 2.45) is 0 Å². The van der Waals surface area contributed by atoms with Crippen LogP contribution in [0.25, 0.3) is 11.5 Å². The third-order valence-electron chi connectivity index (χ3n) is 2.31. The number of alkyl halides is 3. The van der Waals surface area contributed by atoms with Crippen molar-refractivity contribution in [1.29, 1.82) is 0 Å². The van der Waals surface area contributed by atoms with Gasteiger partial charge in [-0.05, 0) is 25.2 Å². The van der Waals surface area contributed by atoms with Gasteiger partial charge in [-0.3, -0.25) is 0 Å². The molecule has 2 rings (SSSR count). The van der Waals surface area contributed by atoms with Crippen LogP contribution in [0.5, 0.6) is 0 Å². The Morgan fingerprint density at radius 1 is 1.32 bits per heavy atom. The van der Waals surface area contributed by atoms with Crippen molar-refractivity contribution in [1.82, 2.24) is 15.5 Å². The van der Waals surface area contributed by atoms with Crippen LogP contribution in [0, 0.1) is 0 Å². The highest BCUT2D eigenvalue weighted by atomic mass is 79.9. The van der Waals surface area contributed by atoms with Gasteiger partial charge in [0.15, 0.2) is 0 Å². The molecule has 0 aliphatic carbocycles. The second-order valence-electron chi connectivity index (χ2n) is 3.72. The highest BCUT2D eigenvalue weighted by molar-refractivity contribution is 9.10. The van der Waals surface area contributed by atoms with E-state index in [2.05, 4.69) is 31.4 Å². The molecule has 0 spiro atoms. The van der Waals surface area contributed by atoms with E-state index in [1.165, 1.54) is 12.1 Å². The fraction of sp³-hybridized carbons (Fsp3) is 0.273. The Kier molecular flexibility index (Phi) is 3.91. The van der Waals surface area contributed by atoms with Crippen molar-refractivity contribution in [2.75, 3.05) is 7.05 Å². The summed E-state index contributed by atoms with van der Waals surface area (Å²) in [6, 6.07) is 3.77. The zero-order valence-electron chi connectivity index (χ0n) is 9.75. The van der Waals surface area contributed by atoms with Crippen LogP contribution in [0.2, 0.25) is 0 Å². The molecule has 0 fully saturated rings. The summed E-state index contributed by atoms with van der Waals surface area (Å²) in [5.41, 5.74) is -0.952. The number of nitrogens with zero attached hydrogens (tertiary/aromatic N) is 2. The second-order valence-corrected chi connectivity index (χ2v) is 4.63. The van der Waals surface area contributed by atoms with E-state index < -0.39 is 11.7 Å². The average Bonchev–Trinajstić information content (AvgIpc) is 2.77. The smallest absolute Gasteiger partial charge is 0.417 e. The van der Waals surface area contributed by atoms with E-state index in [4.69, 9.17) is 4.42 Å². The molecular weight excluding hydrogens is 327 g/mol. The molecule has 0 radical (unpaired) electrons. The quantitative estimate of drug-likeness (QED) is 0.935. The SMILES string of the molecule is CNCc1nnc(-c2ccc(Br)cc2C(F)(F)F)o1. The van der Waals surface area contributed by atoms with E-state index in [0.717, 1.165) is 6.07 Å². The molecule has 0 amide bonds. The molecule has 0 aliphatic rings. The van der Waals surface area contributed by atoms with Gasteiger partial charge in [0.05, 0.1) is 17.7 Å². The second kappa shape index (κ2) is 5.30. The van der Waals surface area contributed by atoms with Crippen LogP contribution in [0.3, 0.4) is 0 Å². The van der Waals surface area contributed by atoms with E-state index in [9.17, 15) is 13.2 Å². The summed E-state index contributed by atoms with van der Waals surface area (Å²) >= 11 is 3.01. The van der Waals surface area contributed by atoms with Crippen molar-refractivity contribution < 1.29 is 17.6 Å². The largest absolute Gasteiger partial charge is 0.419 e. The minimum absolute atomic E-state index is 0.134. The van der Waals surface area contributed by atoms with Gasteiger partial charge in [0.1, 0.15) is 0 Å². The Bertz CT molecular complexity index is 583. The molecule has 1 heterocycles. The van der Waals surface area contributed by atoms with Gasteiger partial charge in [0.25, 0.3) is 0 Å². The summed E-state index contributed by atoms with van der Waals surface area (Å²) < 4.78 is 44.4.